The summed E-state index contributed by atoms with van der Waals surface area (Å²) in [5.74, 6) is 4.62. The van der Waals surface area contributed by atoms with Gasteiger partial charge >= 0.3 is 0 Å². The van der Waals surface area contributed by atoms with Crippen molar-refractivity contribution in [2.24, 2.45) is 0 Å². The number of hydrogen-bond acceptors (Lipinski definition) is 4. The van der Waals surface area contributed by atoms with Gasteiger partial charge in [0.15, 0.2) is 0 Å². The number of aromatic nitrogens is 1. The Hall–Kier alpha value is -2.39. The van der Waals surface area contributed by atoms with Crippen LogP contribution in [0, 0.1) is 11.8 Å². The molecule has 0 radical (unpaired) electrons. The summed E-state index contributed by atoms with van der Waals surface area (Å²) in [6.07, 6.45) is 3.52. The van der Waals surface area contributed by atoms with E-state index < -0.39 is 5.91 Å². The molecule has 1 saturated heterocycles. The number of aliphatic hydroxyl groups excluding tert-OH is 1. The number of hydrogen-bond donors (Lipinski definition) is 2. The Kier molecular flexibility index (Phi) is 5.29. The van der Waals surface area contributed by atoms with Gasteiger partial charge in [-0.15, -0.1) is 0 Å². The fourth-order valence-electron chi connectivity index (χ4n) is 2.14. The monoisotopic (exact) mass is 287 g/mol. The molecule has 1 aliphatic rings. The van der Waals surface area contributed by atoms with Gasteiger partial charge in [-0.3, -0.25) is 9.59 Å². The Morgan fingerprint density at radius 3 is 2.86 bits per heavy atom. The van der Waals surface area contributed by atoms with Gasteiger partial charge in [0.1, 0.15) is 12.3 Å². The number of carbonyl (C=O) groups excluding carboxylic acids is 2. The van der Waals surface area contributed by atoms with Gasteiger partial charge in [0.2, 0.25) is 5.91 Å². The smallest absolute Gasteiger partial charge is 0.271 e. The van der Waals surface area contributed by atoms with E-state index in [1.54, 1.807) is 17.0 Å². The summed E-state index contributed by atoms with van der Waals surface area (Å²) in [7, 11) is 0. The third-order valence-electron chi connectivity index (χ3n) is 3.18. The van der Waals surface area contributed by atoms with Crippen LogP contribution in [0.5, 0.6) is 0 Å². The van der Waals surface area contributed by atoms with Gasteiger partial charge in [-0.25, -0.2) is 4.98 Å². The Morgan fingerprint density at radius 1 is 1.38 bits per heavy atom. The number of rotatable bonds is 3. The lowest BCUT2D eigenvalue weighted by atomic mass is 10.2. The van der Waals surface area contributed by atoms with Crippen molar-refractivity contribution in [3.05, 3.63) is 29.6 Å². The molecule has 0 atom stereocenters. The van der Waals surface area contributed by atoms with E-state index in [0.717, 1.165) is 25.9 Å². The van der Waals surface area contributed by atoms with Gasteiger partial charge in [-0.2, -0.15) is 0 Å². The SMILES string of the molecule is O=C(NCC(=O)N1CCCC1)c1ncccc1C#CCO. The van der Waals surface area contributed by atoms with Crippen molar-refractivity contribution in [2.75, 3.05) is 26.2 Å². The van der Waals surface area contributed by atoms with E-state index in [0.29, 0.717) is 5.56 Å². The minimum Gasteiger partial charge on any atom is -0.384 e. The Morgan fingerprint density at radius 2 is 2.14 bits per heavy atom. The molecule has 6 nitrogen and oxygen atoms in total. The zero-order chi connectivity index (χ0) is 15.1. The van der Waals surface area contributed by atoms with Crippen LogP contribution in [0.1, 0.15) is 28.9 Å². The number of nitrogens with one attached hydrogen (secondary N) is 1. The first kappa shape index (κ1) is 15.0. The van der Waals surface area contributed by atoms with Crippen LogP contribution in [0.2, 0.25) is 0 Å². The zero-order valence-electron chi connectivity index (χ0n) is 11.6. The molecule has 2 rings (SSSR count). The number of nitrogens with zero attached hydrogens (tertiary/aromatic N) is 2. The fourth-order valence-corrected chi connectivity index (χ4v) is 2.14. The topological polar surface area (TPSA) is 82.5 Å². The minimum atomic E-state index is -0.439. The highest BCUT2D eigenvalue weighted by molar-refractivity contribution is 5.96. The summed E-state index contributed by atoms with van der Waals surface area (Å²) in [4.78, 5) is 29.7. The summed E-state index contributed by atoms with van der Waals surface area (Å²) in [5.41, 5.74) is 0.588. The molecule has 2 amide bonds. The van der Waals surface area contributed by atoms with E-state index in [4.69, 9.17) is 5.11 Å². The molecule has 0 bridgehead atoms. The van der Waals surface area contributed by atoms with E-state index in [9.17, 15) is 9.59 Å². The van der Waals surface area contributed by atoms with Gasteiger partial charge in [-0.1, -0.05) is 11.8 Å². The van der Waals surface area contributed by atoms with Crippen molar-refractivity contribution in [3.63, 3.8) is 0 Å². The number of amides is 2. The lowest BCUT2D eigenvalue weighted by Crippen LogP contribution is -2.39. The molecule has 0 aliphatic carbocycles. The largest absolute Gasteiger partial charge is 0.384 e. The van der Waals surface area contributed by atoms with E-state index in [1.807, 2.05) is 0 Å². The normalized spacial score (nSPS) is 13.5. The molecule has 110 valence electrons. The van der Waals surface area contributed by atoms with Gasteiger partial charge in [-0.05, 0) is 25.0 Å². The van der Waals surface area contributed by atoms with Gasteiger partial charge in [0.25, 0.3) is 5.91 Å². The first-order valence-electron chi connectivity index (χ1n) is 6.83. The van der Waals surface area contributed by atoms with Crippen molar-refractivity contribution < 1.29 is 14.7 Å². The molecule has 1 aliphatic heterocycles. The van der Waals surface area contributed by atoms with E-state index in [-0.39, 0.29) is 24.8 Å². The molecule has 0 aromatic carbocycles. The molecule has 1 fully saturated rings. The summed E-state index contributed by atoms with van der Waals surface area (Å²) < 4.78 is 0. The highest BCUT2D eigenvalue weighted by Gasteiger charge is 2.19. The first-order chi connectivity index (χ1) is 10.2. The van der Waals surface area contributed by atoms with Crippen molar-refractivity contribution in [1.29, 1.82) is 0 Å². The zero-order valence-corrected chi connectivity index (χ0v) is 11.6. The molecule has 1 aromatic rings. The second-order valence-electron chi connectivity index (χ2n) is 4.63. The van der Waals surface area contributed by atoms with Gasteiger partial charge < -0.3 is 15.3 Å². The molecule has 1 aromatic heterocycles. The average molecular weight is 287 g/mol. The van der Waals surface area contributed by atoms with Crippen LogP contribution in [0.4, 0.5) is 0 Å². The fraction of sp³-hybridized carbons (Fsp3) is 0.400. The maximum atomic E-state index is 12.1. The Bertz CT molecular complexity index is 583. The predicted molar refractivity (Wildman–Crippen MR) is 76.3 cm³/mol. The van der Waals surface area contributed by atoms with E-state index in [1.165, 1.54) is 6.20 Å². The number of likely N-dealkylation sites (tertiary alicyclic amines) is 1. The van der Waals surface area contributed by atoms with Crippen LogP contribution >= 0.6 is 0 Å². The Labute approximate surface area is 123 Å². The molecule has 2 N–H and O–H groups in total. The molecule has 21 heavy (non-hydrogen) atoms. The highest BCUT2D eigenvalue weighted by Crippen LogP contribution is 2.07. The summed E-state index contributed by atoms with van der Waals surface area (Å²) in [6, 6.07) is 3.31. The van der Waals surface area contributed by atoms with E-state index >= 15 is 0 Å². The summed E-state index contributed by atoms with van der Waals surface area (Å²) >= 11 is 0. The van der Waals surface area contributed by atoms with E-state index in [2.05, 4.69) is 22.1 Å². The standard InChI is InChI=1S/C15H17N3O3/c19-10-4-6-12-5-3-7-16-14(12)15(21)17-11-13(20)18-8-1-2-9-18/h3,5,7,19H,1-2,8-11H2,(H,17,21). The highest BCUT2D eigenvalue weighted by atomic mass is 16.2. The van der Waals surface area contributed by atoms with Crippen molar-refractivity contribution >= 4 is 11.8 Å². The Balaban J connectivity index is 1.98. The first-order valence-corrected chi connectivity index (χ1v) is 6.83. The van der Waals surface area contributed by atoms with Crippen LogP contribution in [0.3, 0.4) is 0 Å². The van der Waals surface area contributed by atoms with Gasteiger partial charge in [0.05, 0.1) is 12.1 Å². The molecule has 0 saturated carbocycles. The van der Waals surface area contributed by atoms with Gasteiger partial charge in [0, 0.05) is 19.3 Å². The minimum absolute atomic E-state index is 0.0394. The number of pyridine rings is 1. The second-order valence-corrected chi connectivity index (χ2v) is 4.63. The average Bonchev–Trinajstić information content (AvgIpc) is 3.05. The van der Waals surface area contributed by atoms with Crippen molar-refractivity contribution in [3.8, 4) is 11.8 Å². The molecule has 2 heterocycles. The number of aliphatic hydroxyl groups is 1. The molecule has 0 unspecified atom stereocenters. The third-order valence-corrected chi connectivity index (χ3v) is 3.18. The quantitative estimate of drug-likeness (QED) is 0.753. The third kappa shape index (κ3) is 4.04. The maximum Gasteiger partial charge on any atom is 0.271 e. The maximum absolute atomic E-state index is 12.1. The van der Waals surface area contributed by atoms with Crippen LogP contribution in [-0.2, 0) is 4.79 Å². The molecular formula is C15H17N3O3. The summed E-state index contributed by atoms with van der Waals surface area (Å²) in [6.45, 7) is 1.18. The lowest BCUT2D eigenvalue weighted by molar-refractivity contribution is -0.129. The second kappa shape index (κ2) is 7.41. The number of carbonyl (C=O) groups is 2. The lowest BCUT2D eigenvalue weighted by Gasteiger charge is -2.15. The van der Waals surface area contributed by atoms with Crippen LogP contribution in [0.15, 0.2) is 18.3 Å². The molecule has 6 heteroatoms. The summed E-state index contributed by atoms with van der Waals surface area (Å²) in [5, 5.41) is 11.3. The molecule has 0 spiro atoms. The van der Waals surface area contributed by atoms with Crippen molar-refractivity contribution in [2.45, 2.75) is 12.8 Å². The predicted octanol–water partition coefficient (Wildman–Crippen LogP) is -0.222. The molecular weight excluding hydrogens is 270 g/mol. The van der Waals surface area contributed by atoms with Crippen molar-refractivity contribution in [1.82, 2.24) is 15.2 Å². The van der Waals surface area contributed by atoms with Crippen LogP contribution in [-0.4, -0.2) is 53.0 Å². The van der Waals surface area contributed by atoms with Crippen LogP contribution < -0.4 is 5.32 Å². The van der Waals surface area contributed by atoms with Crippen LogP contribution in [0.25, 0.3) is 0 Å².